The minimum atomic E-state index is -0.924. The molecule has 1 aliphatic rings. The van der Waals surface area contributed by atoms with Crippen LogP contribution >= 0.6 is 0 Å². The number of nitrogens with zero attached hydrogens (tertiary/aromatic N) is 1. The van der Waals surface area contributed by atoms with Gasteiger partial charge in [-0.2, -0.15) is 0 Å². The van der Waals surface area contributed by atoms with Gasteiger partial charge in [0.1, 0.15) is 0 Å². The highest BCUT2D eigenvalue weighted by Crippen LogP contribution is 2.22. The van der Waals surface area contributed by atoms with Crippen LogP contribution in [0.5, 0.6) is 0 Å². The number of rotatable bonds is 3. The Labute approximate surface area is 119 Å². The number of carbonyl (C=O) groups is 1. The number of hydrogen-bond donors (Lipinski definition) is 1. The van der Waals surface area contributed by atoms with Gasteiger partial charge >= 0.3 is 5.97 Å². The molecule has 0 aromatic heterocycles. The zero-order chi connectivity index (χ0) is 14.5. The van der Waals surface area contributed by atoms with Crippen LogP contribution in [0.2, 0.25) is 0 Å². The molecule has 20 heavy (non-hydrogen) atoms. The molecule has 1 aromatic carbocycles. The summed E-state index contributed by atoms with van der Waals surface area (Å²) in [5.74, 6) is -0.924. The van der Waals surface area contributed by atoms with Crippen LogP contribution in [0.15, 0.2) is 24.3 Å². The van der Waals surface area contributed by atoms with Crippen LogP contribution in [0.4, 0.5) is 5.69 Å². The van der Waals surface area contributed by atoms with Crippen molar-refractivity contribution in [2.75, 3.05) is 24.6 Å². The van der Waals surface area contributed by atoms with E-state index in [1.807, 2.05) is 19.1 Å². The van der Waals surface area contributed by atoms with Crippen molar-refractivity contribution in [1.29, 1.82) is 0 Å². The molecule has 0 bridgehead atoms. The first-order valence-corrected chi connectivity index (χ1v) is 6.94. The van der Waals surface area contributed by atoms with Gasteiger partial charge in [-0.1, -0.05) is 6.07 Å². The number of aryl methyl sites for hydroxylation is 1. The standard InChI is InChI=1S/C16H21NO3/c1-12-10-15(6-4-14(12)5-7-16(18)19)17-8-3-9-20-13(2)11-17/h4-7,10,13H,3,8-9,11H2,1-2H3,(H,18,19). The molecular formula is C16H21NO3. The molecule has 1 fully saturated rings. The van der Waals surface area contributed by atoms with E-state index in [1.54, 1.807) is 6.08 Å². The van der Waals surface area contributed by atoms with Gasteiger partial charge in [-0.05, 0) is 49.6 Å². The van der Waals surface area contributed by atoms with Gasteiger partial charge in [-0.3, -0.25) is 0 Å². The van der Waals surface area contributed by atoms with E-state index in [9.17, 15) is 4.79 Å². The lowest BCUT2D eigenvalue weighted by Gasteiger charge is -2.25. The molecule has 2 rings (SSSR count). The fourth-order valence-electron chi connectivity index (χ4n) is 2.43. The van der Waals surface area contributed by atoms with Crippen molar-refractivity contribution in [2.45, 2.75) is 26.4 Å². The lowest BCUT2D eigenvalue weighted by atomic mass is 10.1. The summed E-state index contributed by atoms with van der Waals surface area (Å²) < 4.78 is 5.66. The lowest BCUT2D eigenvalue weighted by Crippen LogP contribution is -2.30. The molecule has 0 saturated carbocycles. The third-order valence-electron chi connectivity index (χ3n) is 3.48. The number of aliphatic carboxylic acids is 1. The highest BCUT2D eigenvalue weighted by Gasteiger charge is 2.15. The third kappa shape index (κ3) is 3.84. The van der Waals surface area contributed by atoms with Crippen LogP contribution in [0.1, 0.15) is 24.5 Å². The summed E-state index contributed by atoms with van der Waals surface area (Å²) in [6, 6.07) is 6.13. The fourth-order valence-corrected chi connectivity index (χ4v) is 2.43. The van der Waals surface area contributed by atoms with Crippen molar-refractivity contribution in [2.24, 2.45) is 0 Å². The Morgan fingerprint density at radius 3 is 3.00 bits per heavy atom. The van der Waals surface area contributed by atoms with Crippen molar-refractivity contribution in [1.82, 2.24) is 0 Å². The highest BCUT2D eigenvalue weighted by molar-refractivity contribution is 5.85. The van der Waals surface area contributed by atoms with E-state index >= 15 is 0 Å². The van der Waals surface area contributed by atoms with Crippen molar-refractivity contribution in [3.05, 3.63) is 35.4 Å². The number of hydrogen-bond acceptors (Lipinski definition) is 3. The first-order chi connectivity index (χ1) is 9.56. The molecular weight excluding hydrogens is 254 g/mol. The quantitative estimate of drug-likeness (QED) is 0.862. The summed E-state index contributed by atoms with van der Waals surface area (Å²) in [5.41, 5.74) is 3.19. The number of ether oxygens (including phenoxy) is 1. The molecule has 4 nitrogen and oxygen atoms in total. The third-order valence-corrected chi connectivity index (χ3v) is 3.48. The van der Waals surface area contributed by atoms with Gasteiger partial charge in [-0.15, -0.1) is 0 Å². The van der Waals surface area contributed by atoms with Crippen LogP contribution in [0.25, 0.3) is 6.08 Å². The van der Waals surface area contributed by atoms with E-state index in [1.165, 1.54) is 11.8 Å². The van der Waals surface area contributed by atoms with Crippen LogP contribution in [0.3, 0.4) is 0 Å². The average molecular weight is 275 g/mol. The largest absolute Gasteiger partial charge is 0.478 e. The number of benzene rings is 1. The zero-order valence-corrected chi connectivity index (χ0v) is 12.0. The first kappa shape index (κ1) is 14.6. The van der Waals surface area contributed by atoms with E-state index in [-0.39, 0.29) is 6.10 Å². The summed E-state index contributed by atoms with van der Waals surface area (Å²) in [6.45, 7) is 6.80. The Morgan fingerprint density at radius 1 is 1.50 bits per heavy atom. The number of carboxylic acid groups (broad SMARTS) is 1. The van der Waals surface area contributed by atoms with Crippen LogP contribution in [0, 0.1) is 6.92 Å². The Bertz CT molecular complexity index is 510. The predicted octanol–water partition coefficient (Wildman–Crippen LogP) is 2.71. The molecule has 1 aliphatic heterocycles. The Morgan fingerprint density at radius 2 is 2.30 bits per heavy atom. The van der Waals surface area contributed by atoms with Gasteiger partial charge < -0.3 is 14.7 Å². The van der Waals surface area contributed by atoms with E-state index in [0.717, 1.165) is 37.2 Å². The SMILES string of the molecule is Cc1cc(N2CCCOC(C)C2)ccc1C=CC(=O)O. The Balaban J connectivity index is 2.17. The van der Waals surface area contributed by atoms with Crippen molar-refractivity contribution in [3.63, 3.8) is 0 Å². The monoisotopic (exact) mass is 275 g/mol. The zero-order valence-electron chi connectivity index (χ0n) is 12.0. The van der Waals surface area contributed by atoms with Crippen molar-refractivity contribution in [3.8, 4) is 0 Å². The predicted molar refractivity (Wildman–Crippen MR) is 80.1 cm³/mol. The van der Waals surface area contributed by atoms with E-state index < -0.39 is 5.97 Å². The minimum absolute atomic E-state index is 0.240. The van der Waals surface area contributed by atoms with Crippen molar-refractivity contribution < 1.29 is 14.6 Å². The second-order valence-electron chi connectivity index (χ2n) is 5.19. The van der Waals surface area contributed by atoms with Gasteiger partial charge in [0.25, 0.3) is 0 Å². The number of carboxylic acids is 1. The summed E-state index contributed by atoms with van der Waals surface area (Å²) in [5, 5.41) is 8.68. The Kier molecular flexibility index (Phi) is 4.79. The lowest BCUT2D eigenvalue weighted by molar-refractivity contribution is -0.131. The highest BCUT2D eigenvalue weighted by atomic mass is 16.5. The number of anilines is 1. The maximum atomic E-state index is 10.6. The topological polar surface area (TPSA) is 49.8 Å². The maximum Gasteiger partial charge on any atom is 0.328 e. The van der Waals surface area contributed by atoms with E-state index in [0.29, 0.717) is 0 Å². The molecule has 1 aromatic rings. The van der Waals surface area contributed by atoms with E-state index in [4.69, 9.17) is 9.84 Å². The molecule has 0 radical (unpaired) electrons. The van der Waals surface area contributed by atoms with E-state index in [2.05, 4.69) is 17.9 Å². The average Bonchev–Trinajstić information content (AvgIpc) is 2.62. The molecule has 1 heterocycles. The van der Waals surface area contributed by atoms with Gasteiger partial charge in [-0.25, -0.2) is 4.79 Å². The molecule has 1 N–H and O–H groups in total. The smallest absolute Gasteiger partial charge is 0.328 e. The molecule has 1 unspecified atom stereocenters. The fraction of sp³-hybridized carbons (Fsp3) is 0.438. The summed E-state index contributed by atoms with van der Waals surface area (Å²) in [6.07, 6.45) is 4.08. The van der Waals surface area contributed by atoms with Crippen molar-refractivity contribution >= 4 is 17.7 Å². The second-order valence-corrected chi connectivity index (χ2v) is 5.19. The molecule has 108 valence electrons. The summed E-state index contributed by atoms with van der Waals surface area (Å²) in [7, 11) is 0. The molecule has 0 aliphatic carbocycles. The first-order valence-electron chi connectivity index (χ1n) is 6.94. The second kappa shape index (κ2) is 6.57. The van der Waals surface area contributed by atoms with Gasteiger partial charge in [0.2, 0.25) is 0 Å². The normalized spacial score (nSPS) is 20.1. The summed E-state index contributed by atoms with van der Waals surface area (Å²) in [4.78, 5) is 12.9. The van der Waals surface area contributed by atoms with Crippen LogP contribution < -0.4 is 4.90 Å². The minimum Gasteiger partial charge on any atom is -0.478 e. The molecule has 1 saturated heterocycles. The van der Waals surface area contributed by atoms with Crippen LogP contribution in [-0.4, -0.2) is 36.9 Å². The molecule has 0 spiro atoms. The van der Waals surface area contributed by atoms with Gasteiger partial charge in [0.05, 0.1) is 6.10 Å². The molecule has 1 atom stereocenters. The van der Waals surface area contributed by atoms with Gasteiger partial charge in [0.15, 0.2) is 0 Å². The van der Waals surface area contributed by atoms with Gasteiger partial charge in [0, 0.05) is 31.5 Å². The summed E-state index contributed by atoms with van der Waals surface area (Å²) >= 11 is 0. The van der Waals surface area contributed by atoms with Crippen LogP contribution in [-0.2, 0) is 9.53 Å². The Hall–Kier alpha value is -1.81. The molecule has 4 heteroatoms. The molecule has 0 amide bonds. The maximum absolute atomic E-state index is 10.6.